The van der Waals surface area contributed by atoms with Crippen molar-refractivity contribution in [2.24, 2.45) is 0 Å². The molecule has 2 heterocycles. The van der Waals surface area contributed by atoms with Crippen LogP contribution in [-0.4, -0.2) is 43.0 Å². The zero-order valence-corrected chi connectivity index (χ0v) is 15.4. The molecule has 0 bridgehead atoms. The Morgan fingerprint density at radius 2 is 2.12 bits per heavy atom. The van der Waals surface area contributed by atoms with Crippen molar-refractivity contribution in [2.45, 2.75) is 44.2 Å². The van der Waals surface area contributed by atoms with Crippen molar-refractivity contribution in [2.75, 3.05) is 20.2 Å². The Labute approximate surface area is 154 Å². The molecular formula is C20H26N2O4. The minimum Gasteiger partial charge on any atom is -0.496 e. The van der Waals surface area contributed by atoms with Gasteiger partial charge in [0.25, 0.3) is 6.47 Å². The first-order valence-corrected chi connectivity index (χ1v) is 9.02. The molecule has 1 N–H and O–H groups in total. The predicted molar refractivity (Wildman–Crippen MR) is 97.0 cm³/mol. The van der Waals surface area contributed by atoms with Crippen molar-refractivity contribution in [1.29, 1.82) is 0 Å². The van der Waals surface area contributed by atoms with Crippen LogP contribution in [-0.2, 0) is 19.1 Å². The van der Waals surface area contributed by atoms with Gasteiger partial charge in [-0.1, -0.05) is 30.3 Å². The smallest absolute Gasteiger partial charge is 0.298 e. The summed E-state index contributed by atoms with van der Waals surface area (Å²) in [6.07, 6.45) is 3.30. The lowest BCUT2D eigenvalue weighted by atomic mass is 9.83. The fourth-order valence-corrected chi connectivity index (χ4v) is 4.06. The van der Waals surface area contributed by atoms with Crippen LogP contribution in [0.15, 0.2) is 41.9 Å². The molecule has 1 spiro atoms. The van der Waals surface area contributed by atoms with Gasteiger partial charge in [-0.25, -0.2) is 0 Å². The highest BCUT2D eigenvalue weighted by Crippen LogP contribution is 2.40. The average Bonchev–Trinajstić information content (AvgIpc) is 2.96. The summed E-state index contributed by atoms with van der Waals surface area (Å²) in [5.41, 5.74) is 1.08. The molecule has 140 valence electrons. The topological polar surface area (TPSA) is 67.9 Å². The van der Waals surface area contributed by atoms with Gasteiger partial charge in [-0.3, -0.25) is 9.59 Å². The normalized spacial score (nSPS) is 26.6. The van der Waals surface area contributed by atoms with E-state index in [-0.39, 0.29) is 11.4 Å². The molecule has 1 aromatic rings. The first-order chi connectivity index (χ1) is 12.6. The molecule has 0 aromatic heterocycles. The van der Waals surface area contributed by atoms with Gasteiger partial charge < -0.3 is 19.7 Å². The number of benzene rings is 1. The summed E-state index contributed by atoms with van der Waals surface area (Å²) >= 11 is 0. The van der Waals surface area contributed by atoms with E-state index in [1.54, 1.807) is 6.92 Å². The van der Waals surface area contributed by atoms with Gasteiger partial charge in [0.15, 0.2) is 5.76 Å². The molecule has 26 heavy (non-hydrogen) atoms. The molecule has 1 aromatic carbocycles. The molecule has 2 saturated heterocycles. The number of nitrogens with zero attached hydrogens (tertiary/aromatic N) is 1. The molecule has 2 atom stereocenters. The zero-order chi connectivity index (χ0) is 18.6. The molecule has 0 saturated carbocycles. The van der Waals surface area contributed by atoms with E-state index in [1.165, 1.54) is 12.7 Å². The fraction of sp³-hybridized carbons (Fsp3) is 0.500. The Morgan fingerprint density at radius 3 is 2.73 bits per heavy atom. The van der Waals surface area contributed by atoms with Crippen LogP contribution in [0.5, 0.6) is 0 Å². The summed E-state index contributed by atoms with van der Waals surface area (Å²) in [6.45, 7) is 3.13. The van der Waals surface area contributed by atoms with Crippen LogP contribution < -0.4 is 5.32 Å². The predicted octanol–water partition coefficient (Wildman–Crippen LogP) is 2.52. The molecule has 2 aliphatic rings. The first kappa shape index (κ1) is 18.5. The van der Waals surface area contributed by atoms with E-state index in [9.17, 15) is 9.59 Å². The highest BCUT2D eigenvalue weighted by Gasteiger charge is 2.47. The number of piperidine rings is 1. The third-order valence-electron chi connectivity index (χ3n) is 5.62. The second-order valence-electron chi connectivity index (χ2n) is 6.98. The lowest BCUT2D eigenvalue weighted by Crippen LogP contribution is -2.56. The number of nitrogens with one attached hydrogen (secondary N) is 1. The van der Waals surface area contributed by atoms with E-state index in [0.29, 0.717) is 37.0 Å². The van der Waals surface area contributed by atoms with Crippen molar-refractivity contribution in [3.05, 3.63) is 47.4 Å². The van der Waals surface area contributed by atoms with Crippen LogP contribution >= 0.6 is 0 Å². The van der Waals surface area contributed by atoms with Crippen molar-refractivity contribution in [3.8, 4) is 0 Å². The average molecular weight is 358 g/mol. The highest BCUT2D eigenvalue weighted by molar-refractivity contribution is 5.80. The minimum absolute atomic E-state index is 0.124. The number of rotatable bonds is 6. The molecule has 2 fully saturated rings. The van der Waals surface area contributed by atoms with E-state index in [1.807, 2.05) is 11.0 Å². The summed E-state index contributed by atoms with van der Waals surface area (Å²) < 4.78 is 10.3. The van der Waals surface area contributed by atoms with Gasteiger partial charge in [0.05, 0.1) is 19.2 Å². The van der Waals surface area contributed by atoms with Gasteiger partial charge in [0.1, 0.15) is 5.76 Å². The van der Waals surface area contributed by atoms with Crippen LogP contribution in [0.25, 0.3) is 0 Å². The van der Waals surface area contributed by atoms with E-state index >= 15 is 0 Å². The molecule has 0 radical (unpaired) electrons. The number of ether oxygens (including phenoxy) is 2. The van der Waals surface area contributed by atoms with Gasteiger partial charge in [-0.15, -0.1) is 0 Å². The van der Waals surface area contributed by atoms with Crippen LogP contribution in [0.4, 0.5) is 0 Å². The Bertz CT molecular complexity index is 678. The van der Waals surface area contributed by atoms with Crippen molar-refractivity contribution >= 4 is 12.4 Å². The van der Waals surface area contributed by atoms with Crippen LogP contribution in [0.3, 0.4) is 0 Å². The summed E-state index contributed by atoms with van der Waals surface area (Å²) in [7, 11) is 1.53. The van der Waals surface area contributed by atoms with Gasteiger partial charge in [0.2, 0.25) is 5.91 Å². The number of amides is 1. The molecule has 6 nitrogen and oxygen atoms in total. The number of carbonyl (C=O) groups is 2. The SMILES string of the molecule is CO/C(CN1C(=O)CCC12CCC(c1ccccc1)NC2)=C(/C)OC=O. The summed E-state index contributed by atoms with van der Waals surface area (Å²) in [4.78, 5) is 25.0. The largest absolute Gasteiger partial charge is 0.496 e. The third kappa shape index (κ3) is 3.60. The molecular weight excluding hydrogens is 332 g/mol. The summed E-state index contributed by atoms with van der Waals surface area (Å²) in [5.74, 6) is 1.03. The van der Waals surface area contributed by atoms with Crippen LogP contribution in [0.1, 0.15) is 44.2 Å². The Kier molecular flexibility index (Phi) is 5.61. The molecule has 6 heteroatoms. The maximum Gasteiger partial charge on any atom is 0.298 e. The quantitative estimate of drug-likeness (QED) is 0.625. The standard InChI is InChI=1S/C20H26N2O4/c1-15(26-14-23)18(25-2)12-22-19(24)9-11-20(22)10-8-17(21-13-20)16-6-4-3-5-7-16/h3-7,14,17,21H,8-13H2,1-2H3/b18-15-. The van der Waals surface area contributed by atoms with Gasteiger partial charge in [-0.2, -0.15) is 0 Å². The van der Waals surface area contributed by atoms with Gasteiger partial charge in [-0.05, 0) is 31.7 Å². The first-order valence-electron chi connectivity index (χ1n) is 9.02. The zero-order valence-electron chi connectivity index (χ0n) is 15.4. The number of hydrogen-bond donors (Lipinski definition) is 1. The number of hydrogen-bond acceptors (Lipinski definition) is 5. The second kappa shape index (κ2) is 7.91. The molecule has 2 aliphatic heterocycles. The van der Waals surface area contributed by atoms with E-state index in [4.69, 9.17) is 9.47 Å². The van der Waals surface area contributed by atoms with E-state index in [0.717, 1.165) is 25.8 Å². The van der Waals surface area contributed by atoms with Crippen molar-refractivity contribution in [1.82, 2.24) is 10.2 Å². The summed E-state index contributed by atoms with van der Waals surface area (Å²) in [5, 5.41) is 3.63. The number of allylic oxidation sites excluding steroid dienone is 1. The van der Waals surface area contributed by atoms with Gasteiger partial charge >= 0.3 is 0 Å². The lowest BCUT2D eigenvalue weighted by molar-refractivity contribution is -0.132. The summed E-state index contributed by atoms with van der Waals surface area (Å²) in [6, 6.07) is 10.7. The lowest BCUT2D eigenvalue weighted by Gasteiger charge is -2.44. The van der Waals surface area contributed by atoms with Crippen LogP contribution in [0, 0.1) is 0 Å². The number of carbonyl (C=O) groups excluding carboxylic acids is 2. The van der Waals surface area contributed by atoms with Crippen molar-refractivity contribution < 1.29 is 19.1 Å². The minimum atomic E-state index is -0.201. The highest BCUT2D eigenvalue weighted by atomic mass is 16.5. The molecule has 1 amide bonds. The molecule has 2 unspecified atom stereocenters. The van der Waals surface area contributed by atoms with E-state index < -0.39 is 0 Å². The van der Waals surface area contributed by atoms with Crippen LogP contribution in [0.2, 0.25) is 0 Å². The molecule has 0 aliphatic carbocycles. The number of methoxy groups -OCH3 is 1. The fourth-order valence-electron chi connectivity index (χ4n) is 4.06. The Hall–Kier alpha value is -2.34. The monoisotopic (exact) mass is 358 g/mol. The Morgan fingerprint density at radius 1 is 1.35 bits per heavy atom. The Balaban J connectivity index is 1.74. The van der Waals surface area contributed by atoms with Gasteiger partial charge in [0, 0.05) is 19.0 Å². The second-order valence-corrected chi connectivity index (χ2v) is 6.98. The molecule has 3 rings (SSSR count). The third-order valence-corrected chi connectivity index (χ3v) is 5.62. The van der Waals surface area contributed by atoms with Crippen molar-refractivity contribution in [3.63, 3.8) is 0 Å². The number of likely N-dealkylation sites (tertiary alicyclic amines) is 1. The maximum atomic E-state index is 12.5. The maximum absolute atomic E-state index is 12.5. The van der Waals surface area contributed by atoms with E-state index in [2.05, 4.69) is 29.6 Å².